The van der Waals surface area contributed by atoms with Crippen molar-refractivity contribution < 1.29 is 33.0 Å². The van der Waals surface area contributed by atoms with Crippen molar-refractivity contribution in [3.05, 3.63) is 95.6 Å². The van der Waals surface area contributed by atoms with Gasteiger partial charge in [-0.25, -0.2) is 14.0 Å². The number of nitrogens with one attached hydrogen (secondary N) is 2. The van der Waals surface area contributed by atoms with Crippen molar-refractivity contribution >= 4 is 23.8 Å². The molecule has 0 radical (unpaired) electrons. The highest BCUT2D eigenvalue weighted by atomic mass is 19.1. The maximum absolute atomic E-state index is 15.4. The number of benzene rings is 3. The number of halogens is 1. The second-order valence-corrected chi connectivity index (χ2v) is 12.5. The van der Waals surface area contributed by atoms with E-state index in [9.17, 15) is 14.4 Å². The molecule has 12 nitrogen and oxygen atoms in total. The Balaban J connectivity index is 1.36. The van der Waals surface area contributed by atoms with Gasteiger partial charge >= 0.3 is 12.2 Å². The van der Waals surface area contributed by atoms with E-state index in [2.05, 4.69) is 20.7 Å². The average molecular weight is 659 g/mol. The zero-order valence-electron chi connectivity index (χ0n) is 27.5. The van der Waals surface area contributed by atoms with Gasteiger partial charge in [0.1, 0.15) is 29.0 Å². The largest absolute Gasteiger partial charge is 0.497 e. The van der Waals surface area contributed by atoms with Crippen molar-refractivity contribution in [1.82, 2.24) is 25.6 Å². The smallest absolute Gasteiger partial charge is 0.414 e. The third-order valence-electron chi connectivity index (χ3n) is 7.70. The van der Waals surface area contributed by atoms with Gasteiger partial charge in [-0.3, -0.25) is 14.6 Å². The number of aromatic amines is 1. The summed E-state index contributed by atoms with van der Waals surface area (Å²) in [5.74, 6) is -0.0241. The fourth-order valence-electron chi connectivity index (χ4n) is 5.34. The Morgan fingerprint density at radius 1 is 1.10 bits per heavy atom. The van der Waals surface area contributed by atoms with Gasteiger partial charge in [0.25, 0.3) is 0 Å². The molecule has 4 aromatic rings. The van der Waals surface area contributed by atoms with Gasteiger partial charge in [-0.2, -0.15) is 15.4 Å². The van der Waals surface area contributed by atoms with Crippen LogP contribution in [0.15, 0.2) is 72.9 Å². The van der Waals surface area contributed by atoms with Gasteiger partial charge in [0, 0.05) is 19.0 Å². The number of carbonyl (C=O) groups is 3. The molecular weight excluding hydrogens is 619 g/mol. The summed E-state index contributed by atoms with van der Waals surface area (Å²) >= 11 is 0. The summed E-state index contributed by atoms with van der Waals surface area (Å²) in [5.41, 5.74) is 2.88. The molecule has 1 unspecified atom stereocenters. The van der Waals surface area contributed by atoms with Crippen LogP contribution in [0.25, 0.3) is 11.1 Å². The van der Waals surface area contributed by atoms with Crippen LogP contribution in [0.1, 0.15) is 50.6 Å². The molecule has 1 aliphatic heterocycles. The minimum atomic E-state index is -0.741. The van der Waals surface area contributed by atoms with Gasteiger partial charge in [0.05, 0.1) is 38.1 Å². The number of anilines is 1. The lowest BCUT2D eigenvalue weighted by molar-refractivity contribution is -0.119. The Kier molecular flexibility index (Phi) is 10.3. The van der Waals surface area contributed by atoms with Gasteiger partial charge in [0.2, 0.25) is 5.91 Å². The molecule has 0 bridgehead atoms. The van der Waals surface area contributed by atoms with Crippen molar-refractivity contribution in [3.8, 4) is 16.9 Å². The van der Waals surface area contributed by atoms with Crippen LogP contribution in [-0.2, 0) is 27.2 Å². The summed E-state index contributed by atoms with van der Waals surface area (Å²) in [6.07, 6.45) is 0.370. The fraction of sp³-hybridized carbons (Fsp3) is 0.343. The Hall–Kier alpha value is -5.46. The van der Waals surface area contributed by atoms with Crippen molar-refractivity contribution in [1.29, 1.82) is 0 Å². The molecule has 2 N–H and O–H groups in total. The van der Waals surface area contributed by atoms with E-state index in [1.54, 1.807) is 42.5 Å². The van der Waals surface area contributed by atoms with Crippen LogP contribution in [0.4, 0.5) is 19.7 Å². The number of carbonyl (C=O) groups excluding carboxylic acids is 3. The molecule has 3 amide bonds. The molecule has 2 heterocycles. The second-order valence-electron chi connectivity index (χ2n) is 12.5. The molecule has 13 heteroatoms. The number of cyclic esters (lactones) is 1. The summed E-state index contributed by atoms with van der Waals surface area (Å²) in [5, 5.41) is 13.6. The van der Waals surface area contributed by atoms with E-state index < -0.39 is 35.8 Å². The van der Waals surface area contributed by atoms with Crippen LogP contribution in [0.2, 0.25) is 0 Å². The molecule has 252 valence electrons. The van der Waals surface area contributed by atoms with Crippen molar-refractivity contribution in [2.75, 3.05) is 25.1 Å². The zero-order chi connectivity index (χ0) is 34.4. The predicted molar refractivity (Wildman–Crippen MR) is 176 cm³/mol. The number of hydrogen-bond acceptors (Lipinski definition) is 8. The molecule has 5 rings (SSSR count). The highest BCUT2D eigenvalue weighted by Crippen LogP contribution is 2.31. The number of H-pyrrole nitrogens is 1. The summed E-state index contributed by atoms with van der Waals surface area (Å²) < 4.78 is 31.9. The van der Waals surface area contributed by atoms with E-state index in [-0.39, 0.29) is 25.5 Å². The molecule has 48 heavy (non-hydrogen) atoms. The van der Waals surface area contributed by atoms with Crippen LogP contribution < -0.4 is 15.0 Å². The van der Waals surface area contributed by atoms with Gasteiger partial charge < -0.3 is 19.5 Å². The molecule has 1 saturated heterocycles. The Morgan fingerprint density at radius 3 is 2.42 bits per heavy atom. The van der Waals surface area contributed by atoms with E-state index in [1.807, 2.05) is 57.2 Å². The van der Waals surface area contributed by atoms with E-state index in [1.165, 1.54) is 17.9 Å². The first kappa shape index (κ1) is 33.9. The number of methoxy groups -OCH3 is 1. The van der Waals surface area contributed by atoms with E-state index in [4.69, 9.17) is 14.2 Å². The molecule has 1 aromatic heterocycles. The van der Waals surface area contributed by atoms with Crippen LogP contribution in [0, 0.1) is 5.82 Å². The molecule has 0 aliphatic carbocycles. The maximum atomic E-state index is 15.4. The monoisotopic (exact) mass is 658 g/mol. The van der Waals surface area contributed by atoms with Gasteiger partial charge in [-0.1, -0.05) is 36.4 Å². The number of nitrogens with zero attached hydrogens (tertiary/aromatic N) is 4. The minimum Gasteiger partial charge on any atom is -0.497 e. The fourth-order valence-corrected chi connectivity index (χ4v) is 5.34. The van der Waals surface area contributed by atoms with Crippen molar-refractivity contribution in [2.24, 2.45) is 0 Å². The van der Waals surface area contributed by atoms with Crippen LogP contribution in [-0.4, -0.2) is 70.3 Å². The van der Waals surface area contributed by atoms with Crippen LogP contribution in [0.5, 0.6) is 5.75 Å². The lowest BCUT2D eigenvalue weighted by Crippen LogP contribution is -2.40. The molecular formula is C35H39FN6O6. The lowest BCUT2D eigenvalue weighted by Gasteiger charge is -2.33. The maximum Gasteiger partial charge on any atom is 0.414 e. The molecule has 0 spiro atoms. The van der Waals surface area contributed by atoms with E-state index >= 15 is 4.39 Å². The topological polar surface area (TPSA) is 139 Å². The predicted octanol–water partition coefficient (Wildman–Crippen LogP) is 5.80. The standard InChI is InChI=1S/C35H39FN6O6/c1-22(43)37-18-28-21-41(33(44)47-28)26-12-15-29(30(36)17-26)25-10-6-24(7-11-25)20-42(34(45)48-35(2,3)4)32(31-19-38-40-39-31)16-23-8-13-27(46-5)14-9-23/h6-15,17,19,28,32H,16,18,20-21H2,1-5H3,(H,37,43)(H,38,39,40)/t28-,32?/m0/s1. The normalized spacial score (nSPS) is 15.1. The Labute approximate surface area is 278 Å². The quantitative estimate of drug-likeness (QED) is 0.206. The molecule has 0 saturated carbocycles. The first-order chi connectivity index (χ1) is 22.9. The van der Waals surface area contributed by atoms with Gasteiger partial charge in [-0.05, 0) is 74.2 Å². The van der Waals surface area contributed by atoms with Crippen LogP contribution >= 0.6 is 0 Å². The lowest BCUT2D eigenvalue weighted by atomic mass is 10.00. The van der Waals surface area contributed by atoms with Gasteiger partial charge in [-0.15, -0.1) is 0 Å². The van der Waals surface area contributed by atoms with Gasteiger partial charge in [0.15, 0.2) is 0 Å². The third-order valence-corrected chi connectivity index (χ3v) is 7.70. The Morgan fingerprint density at radius 2 is 1.81 bits per heavy atom. The molecule has 3 aromatic carbocycles. The number of rotatable bonds is 11. The SMILES string of the molecule is COc1ccc(CC(c2cn[nH]n2)N(Cc2ccc(-c3ccc(N4C[C@H](CNC(C)=O)OC4=O)cc3F)cc2)C(=O)OC(C)(C)C)cc1. The summed E-state index contributed by atoms with van der Waals surface area (Å²) in [7, 11) is 1.60. The Bertz CT molecular complexity index is 1720. The number of amides is 3. The summed E-state index contributed by atoms with van der Waals surface area (Å²) in [4.78, 5) is 40.3. The molecule has 2 atom stereocenters. The average Bonchev–Trinajstić information content (AvgIpc) is 3.71. The van der Waals surface area contributed by atoms with E-state index in [0.717, 1.165) is 16.9 Å². The van der Waals surface area contributed by atoms with E-state index in [0.29, 0.717) is 28.9 Å². The summed E-state index contributed by atoms with van der Waals surface area (Å²) in [6, 6.07) is 18.8. The first-order valence-electron chi connectivity index (χ1n) is 15.5. The number of hydrogen-bond donors (Lipinski definition) is 2. The van der Waals surface area contributed by atoms with Crippen LogP contribution in [0.3, 0.4) is 0 Å². The number of aromatic nitrogens is 3. The highest BCUT2D eigenvalue weighted by molar-refractivity contribution is 5.90. The number of ether oxygens (including phenoxy) is 3. The minimum absolute atomic E-state index is 0.177. The second kappa shape index (κ2) is 14.5. The van der Waals surface area contributed by atoms with Crippen molar-refractivity contribution in [3.63, 3.8) is 0 Å². The van der Waals surface area contributed by atoms with Crippen molar-refractivity contribution in [2.45, 2.75) is 58.4 Å². The zero-order valence-corrected chi connectivity index (χ0v) is 27.5. The summed E-state index contributed by atoms with van der Waals surface area (Å²) in [6.45, 7) is 7.35. The molecule has 1 aliphatic rings. The third kappa shape index (κ3) is 8.46. The first-order valence-corrected chi connectivity index (χ1v) is 15.5. The highest BCUT2D eigenvalue weighted by Gasteiger charge is 2.33. The molecule has 1 fully saturated rings.